The molecule has 1 rings (SSSR count). The van der Waals surface area contributed by atoms with Crippen molar-refractivity contribution in [3.8, 4) is 0 Å². The molecule has 0 aromatic heterocycles. The summed E-state index contributed by atoms with van der Waals surface area (Å²) in [5, 5.41) is 8.95. The molecule has 0 radical (unpaired) electrons. The molecule has 0 heterocycles. The van der Waals surface area contributed by atoms with E-state index in [9.17, 15) is 9.18 Å². The highest BCUT2D eigenvalue weighted by molar-refractivity contribution is 5.89. The van der Waals surface area contributed by atoms with Crippen LogP contribution in [0.15, 0.2) is 18.2 Å². The number of carboxylic acids is 1. The van der Waals surface area contributed by atoms with Crippen molar-refractivity contribution >= 4 is 5.97 Å². The molecule has 0 aliphatic carbocycles. The van der Waals surface area contributed by atoms with E-state index in [0.29, 0.717) is 5.56 Å². The van der Waals surface area contributed by atoms with Crippen LogP contribution in [0.2, 0.25) is 0 Å². The van der Waals surface area contributed by atoms with Gasteiger partial charge in [0.1, 0.15) is 5.82 Å². The second-order valence-corrected chi connectivity index (χ2v) is 3.73. The number of carbonyl (C=O) groups is 1. The van der Waals surface area contributed by atoms with Crippen LogP contribution in [-0.2, 0) is 0 Å². The summed E-state index contributed by atoms with van der Waals surface area (Å²) < 4.78 is 13.0. The highest BCUT2D eigenvalue weighted by Crippen LogP contribution is 2.25. The van der Waals surface area contributed by atoms with E-state index in [1.54, 1.807) is 0 Å². The van der Waals surface area contributed by atoms with Crippen molar-refractivity contribution < 1.29 is 14.3 Å². The smallest absolute Gasteiger partial charge is 0.335 e. The monoisotopic (exact) mass is 210 g/mol. The Kier molecular flexibility index (Phi) is 3.83. The molecule has 0 amide bonds. The summed E-state index contributed by atoms with van der Waals surface area (Å²) in [5.41, 5.74) is 0.793. The molecule has 82 valence electrons. The molecule has 1 aromatic carbocycles. The predicted molar refractivity (Wildman–Crippen MR) is 56.7 cm³/mol. The zero-order valence-electron chi connectivity index (χ0n) is 8.96. The van der Waals surface area contributed by atoms with Gasteiger partial charge in [-0.25, -0.2) is 9.18 Å². The summed E-state index contributed by atoms with van der Waals surface area (Å²) in [7, 11) is 0. The molecule has 0 aliphatic heterocycles. The number of halogens is 1. The van der Waals surface area contributed by atoms with Gasteiger partial charge in [0.15, 0.2) is 0 Å². The summed E-state index contributed by atoms with van der Waals surface area (Å²) in [5.74, 6) is -1.29. The van der Waals surface area contributed by atoms with Crippen LogP contribution in [-0.4, -0.2) is 11.1 Å². The molecule has 0 saturated carbocycles. The van der Waals surface area contributed by atoms with Crippen LogP contribution in [0.4, 0.5) is 4.39 Å². The SMILES string of the molecule is CCCC(C)c1cc(F)ccc1C(=O)O. The van der Waals surface area contributed by atoms with Gasteiger partial charge in [-0.3, -0.25) is 0 Å². The molecular formula is C12H15FO2. The standard InChI is InChI=1S/C12H15FO2/c1-3-4-8(2)11-7-9(13)5-6-10(11)12(14)15/h5-8H,3-4H2,1-2H3,(H,14,15). The fourth-order valence-electron chi connectivity index (χ4n) is 1.72. The fourth-order valence-corrected chi connectivity index (χ4v) is 1.72. The number of hydrogen-bond acceptors (Lipinski definition) is 1. The van der Waals surface area contributed by atoms with E-state index < -0.39 is 5.97 Å². The Labute approximate surface area is 88.7 Å². The van der Waals surface area contributed by atoms with E-state index >= 15 is 0 Å². The van der Waals surface area contributed by atoms with Gasteiger partial charge in [-0.1, -0.05) is 20.3 Å². The van der Waals surface area contributed by atoms with Crippen LogP contribution in [0.1, 0.15) is 48.5 Å². The van der Waals surface area contributed by atoms with Gasteiger partial charge in [0.2, 0.25) is 0 Å². The summed E-state index contributed by atoms with van der Waals surface area (Å²) in [6, 6.07) is 3.84. The van der Waals surface area contributed by atoms with Gasteiger partial charge in [0, 0.05) is 0 Å². The van der Waals surface area contributed by atoms with E-state index in [4.69, 9.17) is 5.11 Å². The van der Waals surface area contributed by atoms with E-state index in [2.05, 4.69) is 0 Å². The van der Waals surface area contributed by atoms with Gasteiger partial charge < -0.3 is 5.11 Å². The second-order valence-electron chi connectivity index (χ2n) is 3.73. The highest BCUT2D eigenvalue weighted by atomic mass is 19.1. The largest absolute Gasteiger partial charge is 0.478 e. The van der Waals surface area contributed by atoms with Crippen molar-refractivity contribution in [1.29, 1.82) is 0 Å². The first-order valence-corrected chi connectivity index (χ1v) is 5.09. The first kappa shape index (κ1) is 11.7. The first-order valence-electron chi connectivity index (χ1n) is 5.09. The maximum Gasteiger partial charge on any atom is 0.335 e. The lowest BCUT2D eigenvalue weighted by molar-refractivity contribution is 0.0695. The molecule has 0 fully saturated rings. The minimum atomic E-state index is -0.993. The molecule has 0 aliphatic rings. The minimum absolute atomic E-state index is 0.0804. The Morgan fingerprint density at radius 2 is 2.20 bits per heavy atom. The van der Waals surface area contributed by atoms with Gasteiger partial charge in [0.25, 0.3) is 0 Å². The van der Waals surface area contributed by atoms with E-state index in [0.717, 1.165) is 12.8 Å². The Morgan fingerprint density at radius 1 is 1.53 bits per heavy atom. The van der Waals surface area contributed by atoms with Crippen LogP contribution in [0, 0.1) is 5.82 Å². The Balaban J connectivity index is 3.12. The summed E-state index contributed by atoms with van der Waals surface area (Å²) >= 11 is 0. The lowest BCUT2D eigenvalue weighted by Gasteiger charge is -2.13. The Bertz CT molecular complexity index is 361. The molecule has 1 aromatic rings. The van der Waals surface area contributed by atoms with Crippen LogP contribution in [0.5, 0.6) is 0 Å². The fraction of sp³-hybridized carbons (Fsp3) is 0.417. The topological polar surface area (TPSA) is 37.3 Å². The number of aromatic carboxylic acids is 1. The minimum Gasteiger partial charge on any atom is -0.478 e. The Hall–Kier alpha value is -1.38. The number of carboxylic acid groups (broad SMARTS) is 1. The quantitative estimate of drug-likeness (QED) is 0.826. The third kappa shape index (κ3) is 2.78. The normalized spacial score (nSPS) is 12.5. The number of rotatable bonds is 4. The molecule has 15 heavy (non-hydrogen) atoms. The molecule has 0 saturated heterocycles. The lowest BCUT2D eigenvalue weighted by Crippen LogP contribution is -2.06. The summed E-state index contributed by atoms with van der Waals surface area (Å²) in [6.45, 7) is 3.95. The van der Waals surface area contributed by atoms with Gasteiger partial charge >= 0.3 is 5.97 Å². The first-order chi connectivity index (χ1) is 7.06. The summed E-state index contributed by atoms with van der Waals surface area (Å²) in [4.78, 5) is 10.9. The predicted octanol–water partition coefficient (Wildman–Crippen LogP) is 3.43. The molecular weight excluding hydrogens is 195 g/mol. The van der Waals surface area contributed by atoms with Crippen LogP contribution in [0.3, 0.4) is 0 Å². The third-order valence-corrected chi connectivity index (χ3v) is 2.50. The lowest BCUT2D eigenvalue weighted by atomic mass is 9.92. The molecule has 0 bridgehead atoms. The third-order valence-electron chi connectivity index (χ3n) is 2.50. The average Bonchev–Trinajstić information content (AvgIpc) is 2.17. The molecule has 1 N–H and O–H groups in total. The molecule has 0 spiro atoms. The maximum absolute atomic E-state index is 13.0. The number of hydrogen-bond donors (Lipinski definition) is 1. The van der Waals surface area contributed by atoms with E-state index in [-0.39, 0.29) is 17.3 Å². The van der Waals surface area contributed by atoms with Crippen LogP contribution < -0.4 is 0 Å². The molecule has 3 heteroatoms. The molecule has 2 nitrogen and oxygen atoms in total. The van der Waals surface area contributed by atoms with Crippen LogP contribution >= 0.6 is 0 Å². The zero-order valence-corrected chi connectivity index (χ0v) is 8.96. The number of benzene rings is 1. The van der Waals surface area contributed by atoms with Gasteiger partial charge in [0.05, 0.1) is 5.56 Å². The van der Waals surface area contributed by atoms with Crippen molar-refractivity contribution in [3.05, 3.63) is 35.1 Å². The second kappa shape index (κ2) is 4.91. The van der Waals surface area contributed by atoms with Gasteiger partial charge in [-0.2, -0.15) is 0 Å². The Morgan fingerprint density at radius 3 is 2.73 bits per heavy atom. The van der Waals surface area contributed by atoms with Crippen molar-refractivity contribution in [1.82, 2.24) is 0 Å². The van der Waals surface area contributed by atoms with E-state index in [1.165, 1.54) is 18.2 Å². The van der Waals surface area contributed by atoms with E-state index in [1.807, 2.05) is 13.8 Å². The molecule has 1 atom stereocenters. The van der Waals surface area contributed by atoms with Crippen molar-refractivity contribution in [3.63, 3.8) is 0 Å². The average molecular weight is 210 g/mol. The maximum atomic E-state index is 13.0. The zero-order chi connectivity index (χ0) is 11.4. The van der Waals surface area contributed by atoms with Crippen molar-refractivity contribution in [2.24, 2.45) is 0 Å². The summed E-state index contributed by atoms with van der Waals surface area (Å²) in [6.07, 6.45) is 1.82. The van der Waals surface area contributed by atoms with Crippen molar-refractivity contribution in [2.45, 2.75) is 32.6 Å². The van der Waals surface area contributed by atoms with Crippen LogP contribution in [0.25, 0.3) is 0 Å². The van der Waals surface area contributed by atoms with Gasteiger partial charge in [-0.05, 0) is 36.1 Å². The van der Waals surface area contributed by atoms with Crippen molar-refractivity contribution in [2.75, 3.05) is 0 Å². The molecule has 1 unspecified atom stereocenters. The van der Waals surface area contributed by atoms with Gasteiger partial charge in [-0.15, -0.1) is 0 Å². The highest BCUT2D eigenvalue weighted by Gasteiger charge is 2.15.